The number of anilines is 1. The highest BCUT2D eigenvalue weighted by Gasteiger charge is 2.22. The summed E-state index contributed by atoms with van der Waals surface area (Å²) in [6, 6.07) is 17.6. The predicted molar refractivity (Wildman–Crippen MR) is 116 cm³/mol. The molecule has 1 heterocycles. The van der Waals surface area contributed by atoms with Gasteiger partial charge in [-0.2, -0.15) is 5.26 Å². The second-order valence-electron chi connectivity index (χ2n) is 7.40. The highest BCUT2D eigenvalue weighted by Crippen LogP contribution is 2.27. The van der Waals surface area contributed by atoms with Gasteiger partial charge in [-0.05, 0) is 43.2 Å². The summed E-state index contributed by atoms with van der Waals surface area (Å²) in [5, 5.41) is 10.0. The fraction of sp³-hybridized carbons (Fsp3) is 0.333. The van der Waals surface area contributed by atoms with E-state index in [1.54, 1.807) is 4.90 Å². The highest BCUT2D eigenvalue weighted by atomic mass is 16.5. The van der Waals surface area contributed by atoms with E-state index in [1.165, 1.54) is 0 Å². The van der Waals surface area contributed by atoms with Crippen LogP contribution in [0.4, 0.5) is 5.69 Å². The van der Waals surface area contributed by atoms with Crippen LogP contribution in [0.2, 0.25) is 0 Å². The molecular weight excluding hydrogens is 362 g/mol. The molecule has 3 aromatic rings. The van der Waals surface area contributed by atoms with Gasteiger partial charge in [-0.25, -0.2) is 0 Å². The van der Waals surface area contributed by atoms with Crippen LogP contribution in [0.1, 0.15) is 37.6 Å². The van der Waals surface area contributed by atoms with Gasteiger partial charge in [0.15, 0.2) is 0 Å². The van der Waals surface area contributed by atoms with E-state index in [1.807, 2.05) is 61.7 Å². The molecule has 5 nitrogen and oxygen atoms in total. The maximum Gasteiger partial charge on any atom is 0.260 e. The molecule has 29 heavy (non-hydrogen) atoms. The summed E-state index contributed by atoms with van der Waals surface area (Å²) >= 11 is 0. The van der Waals surface area contributed by atoms with Gasteiger partial charge < -0.3 is 14.2 Å². The first-order chi connectivity index (χ1) is 14.0. The Kier molecular flexibility index (Phi) is 6.56. The Morgan fingerprint density at radius 1 is 1.17 bits per heavy atom. The van der Waals surface area contributed by atoms with Gasteiger partial charge in [-0.15, -0.1) is 0 Å². The normalized spacial score (nSPS) is 10.9. The maximum atomic E-state index is 13.5. The van der Waals surface area contributed by atoms with Crippen LogP contribution < -0.4 is 9.64 Å². The van der Waals surface area contributed by atoms with Crippen molar-refractivity contribution in [1.82, 2.24) is 4.57 Å². The van der Waals surface area contributed by atoms with Crippen LogP contribution in [0.3, 0.4) is 0 Å². The number of ether oxygens (including phenoxy) is 1. The lowest BCUT2D eigenvalue weighted by Crippen LogP contribution is -2.31. The van der Waals surface area contributed by atoms with Crippen LogP contribution in [0.5, 0.6) is 5.75 Å². The number of hydrogen-bond acceptors (Lipinski definition) is 3. The molecule has 0 aliphatic heterocycles. The lowest BCUT2D eigenvalue weighted by molar-refractivity contribution is 0.0988. The smallest absolute Gasteiger partial charge is 0.260 e. The zero-order chi connectivity index (χ0) is 20.8. The summed E-state index contributed by atoms with van der Waals surface area (Å²) in [5.74, 6) is 1.13. The summed E-state index contributed by atoms with van der Waals surface area (Å²) in [5.41, 5.74) is 2.47. The van der Waals surface area contributed by atoms with Gasteiger partial charge in [-0.3, -0.25) is 4.79 Å². The molecule has 0 atom stereocenters. The van der Waals surface area contributed by atoms with Crippen molar-refractivity contribution < 1.29 is 9.53 Å². The molecule has 0 saturated carbocycles. The van der Waals surface area contributed by atoms with E-state index in [-0.39, 0.29) is 12.3 Å². The van der Waals surface area contributed by atoms with Gasteiger partial charge in [0.1, 0.15) is 5.75 Å². The van der Waals surface area contributed by atoms with Gasteiger partial charge in [0.25, 0.3) is 5.91 Å². The van der Waals surface area contributed by atoms with E-state index in [0.717, 1.165) is 28.9 Å². The van der Waals surface area contributed by atoms with Gasteiger partial charge in [0.2, 0.25) is 0 Å². The Balaban J connectivity index is 2.01. The lowest BCUT2D eigenvalue weighted by Gasteiger charge is -2.22. The molecule has 0 saturated heterocycles. The number of aromatic nitrogens is 1. The summed E-state index contributed by atoms with van der Waals surface area (Å²) in [4.78, 5) is 15.2. The van der Waals surface area contributed by atoms with Crippen LogP contribution in [-0.4, -0.2) is 23.6 Å². The topological polar surface area (TPSA) is 58.3 Å². The Hall–Kier alpha value is -3.26. The molecule has 1 amide bonds. The van der Waals surface area contributed by atoms with Crippen molar-refractivity contribution in [2.75, 3.05) is 18.1 Å². The van der Waals surface area contributed by atoms with Crippen molar-refractivity contribution in [1.29, 1.82) is 5.26 Å². The first-order valence-corrected chi connectivity index (χ1v) is 10.0. The molecule has 150 valence electrons. The van der Waals surface area contributed by atoms with E-state index in [9.17, 15) is 4.79 Å². The molecule has 0 radical (unpaired) electrons. The fourth-order valence-corrected chi connectivity index (χ4v) is 3.51. The van der Waals surface area contributed by atoms with Crippen LogP contribution in [0.25, 0.3) is 10.9 Å². The first kappa shape index (κ1) is 20.5. The third kappa shape index (κ3) is 4.60. The summed E-state index contributed by atoms with van der Waals surface area (Å²) in [7, 11) is 0. The number of nitrogens with zero attached hydrogens (tertiary/aromatic N) is 3. The minimum absolute atomic E-state index is 0.0943. The summed E-state index contributed by atoms with van der Waals surface area (Å²) in [6.45, 7) is 8.03. The molecule has 0 bridgehead atoms. The van der Waals surface area contributed by atoms with Crippen molar-refractivity contribution in [2.45, 2.75) is 33.7 Å². The number of benzene rings is 2. The molecule has 1 aromatic heterocycles. The molecular formula is C24H27N3O2. The molecule has 0 N–H and O–H groups in total. The molecule has 0 aliphatic carbocycles. The largest absolute Gasteiger partial charge is 0.494 e. The lowest BCUT2D eigenvalue weighted by atomic mass is 10.1. The zero-order valence-electron chi connectivity index (χ0n) is 17.3. The second-order valence-corrected chi connectivity index (χ2v) is 7.40. The van der Waals surface area contributed by atoms with E-state index >= 15 is 0 Å². The number of rotatable bonds is 8. The standard InChI is InChI=1S/C24H27N3O2/c1-4-29-20-12-10-19(11-13-20)27(15-7-14-25)24(28)22-17-26(16-18(2)3)23-9-6-5-8-21(22)23/h5-6,8-13,17-18H,4,7,15-16H2,1-3H3. The summed E-state index contributed by atoms with van der Waals surface area (Å²) in [6.07, 6.45) is 2.21. The molecule has 3 rings (SSSR count). The number of hydrogen-bond donors (Lipinski definition) is 0. The Morgan fingerprint density at radius 2 is 1.90 bits per heavy atom. The number of carbonyl (C=O) groups is 1. The van der Waals surface area contributed by atoms with Gasteiger partial charge in [0.05, 0.1) is 24.7 Å². The van der Waals surface area contributed by atoms with Gasteiger partial charge in [0, 0.05) is 35.9 Å². The zero-order valence-corrected chi connectivity index (χ0v) is 17.3. The fourth-order valence-electron chi connectivity index (χ4n) is 3.51. The third-order valence-corrected chi connectivity index (χ3v) is 4.73. The van der Waals surface area contributed by atoms with E-state index in [0.29, 0.717) is 24.6 Å². The average Bonchev–Trinajstić information content (AvgIpc) is 3.07. The van der Waals surface area contributed by atoms with E-state index < -0.39 is 0 Å². The molecule has 0 spiro atoms. The monoisotopic (exact) mass is 389 g/mol. The minimum Gasteiger partial charge on any atom is -0.494 e. The van der Waals surface area contributed by atoms with E-state index in [4.69, 9.17) is 10.00 Å². The van der Waals surface area contributed by atoms with Crippen molar-refractivity contribution in [3.05, 3.63) is 60.3 Å². The van der Waals surface area contributed by atoms with Crippen LogP contribution >= 0.6 is 0 Å². The number of carbonyl (C=O) groups excluding carboxylic acids is 1. The van der Waals surface area contributed by atoms with Crippen molar-refractivity contribution in [3.63, 3.8) is 0 Å². The van der Waals surface area contributed by atoms with Crippen molar-refractivity contribution in [3.8, 4) is 11.8 Å². The quantitative estimate of drug-likeness (QED) is 0.528. The highest BCUT2D eigenvalue weighted by molar-refractivity contribution is 6.14. The Morgan fingerprint density at radius 3 is 2.55 bits per heavy atom. The predicted octanol–water partition coefficient (Wildman–Crippen LogP) is 5.26. The van der Waals surface area contributed by atoms with Crippen LogP contribution in [-0.2, 0) is 6.54 Å². The molecule has 0 unspecified atom stereocenters. The SMILES string of the molecule is CCOc1ccc(N(CCC#N)C(=O)c2cn(CC(C)C)c3ccccc23)cc1. The third-order valence-electron chi connectivity index (χ3n) is 4.73. The van der Waals surface area contributed by atoms with Crippen LogP contribution in [0, 0.1) is 17.2 Å². The summed E-state index contributed by atoms with van der Waals surface area (Å²) < 4.78 is 7.65. The van der Waals surface area contributed by atoms with Crippen LogP contribution in [0.15, 0.2) is 54.7 Å². The second kappa shape index (κ2) is 9.29. The number of para-hydroxylation sites is 1. The van der Waals surface area contributed by atoms with Crippen molar-refractivity contribution >= 4 is 22.5 Å². The Bertz CT molecular complexity index is 1010. The first-order valence-electron chi connectivity index (χ1n) is 10.0. The maximum absolute atomic E-state index is 13.5. The average molecular weight is 389 g/mol. The van der Waals surface area contributed by atoms with Crippen molar-refractivity contribution in [2.24, 2.45) is 5.92 Å². The molecule has 2 aromatic carbocycles. The minimum atomic E-state index is -0.0943. The molecule has 0 aliphatic rings. The van der Waals surface area contributed by atoms with Gasteiger partial charge >= 0.3 is 0 Å². The number of amides is 1. The Labute approximate surface area is 172 Å². The number of nitriles is 1. The van der Waals surface area contributed by atoms with E-state index in [2.05, 4.69) is 24.5 Å². The molecule has 5 heteroatoms. The number of fused-ring (bicyclic) bond motifs is 1. The molecule has 0 fully saturated rings. The van der Waals surface area contributed by atoms with Gasteiger partial charge in [-0.1, -0.05) is 32.0 Å².